The van der Waals surface area contributed by atoms with Crippen LogP contribution in [0.2, 0.25) is 0 Å². The van der Waals surface area contributed by atoms with Gasteiger partial charge in [0, 0.05) is 25.6 Å². The van der Waals surface area contributed by atoms with E-state index in [0.29, 0.717) is 24.2 Å². The molecule has 1 fully saturated rings. The SMILES string of the molecule is CCNC(=NCc1nc(C)no1)N1CCC(c2ccc(OC)cc2)C1. The fourth-order valence-electron chi connectivity index (χ4n) is 3.07. The summed E-state index contributed by atoms with van der Waals surface area (Å²) in [6, 6.07) is 8.35. The molecule has 3 rings (SSSR count). The van der Waals surface area contributed by atoms with Crippen LogP contribution in [0.25, 0.3) is 0 Å². The molecule has 1 aliphatic heterocycles. The van der Waals surface area contributed by atoms with Crippen molar-refractivity contribution >= 4 is 5.96 Å². The number of aliphatic imine (C=N–C) groups is 1. The van der Waals surface area contributed by atoms with Crippen molar-refractivity contribution in [2.75, 3.05) is 26.7 Å². The average molecular weight is 343 g/mol. The quantitative estimate of drug-likeness (QED) is 0.663. The Kier molecular flexibility index (Phi) is 5.53. The molecule has 2 aromatic rings. The molecule has 1 aromatic carbocycles. The van der Waals surface area contributed by atoms with Gasteiger partial charge in [0.05, 0.1) is 7.11 Å². The van der Waals surface area contributed by atoms with Crippen LogP contribution in [0.5, 0.6) is 5.75 Å². The van der Waals surface area contributed by atoms with E-state index in [1.54, 1.807) is 7.11 Å². The van der Waals surface area contributed by atoms with Gasteiger partial charge in [0.25, 0.3) is 0 Å². The Morgan fingerprint density at radius 3 is 2.84 bits per heavy atom. The molecule has 1 N–H and O–H groups in total. The number of nitrogens with one attached hydrogen (secondary N) is 1. The van der Waals surface area contributed by atoms with Gasteiger partial charge in [0.15, 0.2) is 11.8 Å². The molecular weight excluding hydrogens is 318 g/mol. The van der Waals surface area contributed by atoms with Gasteiger partial charge in [-0.15, -0.1) is 0 Å². The van der Waals surface area contributed by atoms with Crippen molar-refractivity contribution in [1.29, 1.82) is 0 Å². The molecule has 1 atom stereocenters. The molecule has 1 saturated heterocycles. The molecule has 0 aliphatic carbocycles. The number of benzene rings is 1. The largest absolute Gasteiger partial charge is 0.497 e. The van der Waals surface area contributed by atoms with Gasteiger partial charge in [0.2, 0.25) is 5.89 Å². The minimum atomic E-state index is 0.396. The summed E-state index contributed by atoms with van der Waals surface area (Å²) in [5.41, 5.74) is 1.34. The minimum Gasteiger partial charge on any atom is -0.497 e. The van der Waals surface area contributed by atoms with Crippen LogP contribution in [0.4, 0.5) is 0 Å². The van der Waals surface area contributed by atoms with Gasteiger partial charge in [0.1, 0.15) is 12.3 Å². The highest BCUT2D eigenvalue weighted by atomic mass is 16.5. The van der Waals surface area contributed by atoms with Crippen molar-refractivity contribution in [3.05, 3.63) is 41.5 Å². The van der Waals surface area contributed by atoms with Gasteiger partial charge in [-0.05, 0) is 38.0 Å². The van der Waals surface area contributed by atoms with Crippen LogP contribution in [-0.2, 0) is 6.54 Å². The summed E-state index contributed by atoms with van der Waals surface area (Å²) in [4.78, 5) is 11.1. The number of likely N-dealkylation sites (tertiary alicyclic amines) is 1. The molecule has 0 bridgehead atoms. The molecule has 1 aromatic heterocycles. The van der Waals surface area contributed by atoms with Crippen molar-refractivity contribution in [3.63, 3.8) is 0 Å². The van der Waals surface area contributed by atoms with Crippen LogP contribution in [0, 0.1) is 6.92 Å². The minimum absolute atomic E-state index is 0.396. The monoisotopic (exact) mass is 343 g/mol. The zero-order valence-electron chi connectivity index (χ0n) is 15.0. The first kappa shape index (κ1) is 17.3. The van der Waals surface area contributed by atoms with Crippen molar-refractivity contribution < 1.29 is 9.26 Å². The maximum atomic E-state index is 5.24. The van der Waals surface area contributed by atoms with E-state index in [1.807, 2.05) is 19.1 Å². The van der Waals surface area contributed by atoms with Gasteiger partial charge >= 0.3 is 0 Å². The number of guanidine groups is 1. The Labute approximate surface area is 148 Å². The molecule has 7 nitrogen and oxygen atoms in total. The highest BCUT2D eigenvalue weighted by Crippen LogP contribution is 2.28. The summed E-state index contributed by atoms with van der Waals surface area (Å²) in [6.45, 7) is 7.02. The third-order valence-corrected chi connectivity index (χ3v) is 4.34. The second kappa shape index (κ2) is 8.00. The van der Waals surface area contributed by atoms with E-state index in [4.69, 9.17) is 9.26 Å². The van der Waals surface area contributed by atoms with Crippen LogP contribution in [0.15, 0.2) is 33.8 Å². The Balaban J connectivity index is 1.66. The Morgan fingerprint density at radius 2 is 2.20 bits per heavy atom. The molecule has 0 spiro atoms. The summed E-state index contributed by atoms with van der Waals surface area (Å²) >= 11 is 0. The van der Waals surface area contributed by atoms with E-state index in [9.17, 15) is 0 Å². The summed E-state index contributed by atoms with van der Waals surface area (Å²) < 4.78 is 10.4. The second-order valence-corrected chi connectivity index (χ2v) is 6.11. The fourth-order valence-corrected chi connectivity index (χ4v) is 3.07. The first-order chi connectivity index (χ1) is 12.2. The van der Waals surface area contributed by atoms with E-state index in [1.165, 1.54) is 5.56 Å². The molecule has 0 amide bonds. The standard InChI is InChI=1S/C18H25N5O2/c1-4-19-18(20-11-17-21-13(2)22-25-17)23-10-9-15(12-23)14-5-7-16(24-3)8-6-14/h5-8,15H,4,9-12H2,1-3H3,(H,19,20). The second-order valence-electron chi connectivity index (χ2n) is 6.11. The Morgan fingerprint density at radius 1 is 1.40 bits per heavy atom. The average Bonchev–Trinajstić information content (AvgIpc) is 3.28. The van der Waals surface area contributed by atoms with Gasteiger partial charge in [-0.25, -0.2) is 4.99 Å². The van der Waals surface area contributed by atoms with E-state index >= 15 is 0 Å². The highest BCUT2D eigenvalue weighted by molar-refractivity contribution is 5.80. The van der Waals surface area contributed by atoms with Gasteiger partial charge < -0.3 is 19.5 Å². The highest BCUT2D eigenvalue weighted by Gasteiger charge is 2.26. The summed E-state index contributed by atoms with van der Waals surface area (Å²) in [6.07, 6.45) is 1.11. The predicted molar refractivity (Wildman–Crippen MR) is 95.8 cm³/mol. The van der Waals surface area contributed by atoms with Crippen LogP contribution >= 0.6 is 0 Å². The Bertz CT molecular complexity index is 711. The molecule has 134 valence electrons. The molecule has 25 heavy (non-hydrogen) atoms. The van der Waals surface area contributed by atoms with Gasteiger partial charge in [-0.3, -0.25) is 0 Å². The number of ether oxygens (including phenoxy) is 1. The van der Waals surface area contributed by atoms with Crippen LogP contribution in [0.1, 0.15) is 36.5 Å². The normalized spacial score (nSPS) is 17.8. The molecule has 0 saturated carbocycles. The van der Waals surface area contributed by atoms with Gasteiger partial charge in [-0.1, -0.05) is 17.3 Å². The summed E-state index contributed by atoms with van der Waals surface area (Å²) in [5.74, 6) is 3.47. The third kappa shape index (κ3) is 4.29. The molecule has 1 unspecified atom stereocenters. The number of nitrogens with zero attached hydrogens (tertiary/aromatic N) is 4. The molecular formula is C18H25N5O2. The fraction of sp³-hybridized carbons (Fsp3) is 0.500. The lowest BCUT2D eigenvalue weighted by Gasteiger charge is -2.21. The van der Waals surface area contributed by atoms with E-state index < -0.39 is 0 Å². The predicted octanol–water partition coefficient (Wildman–Crippen LogP) is 2.34. The first-order valence-electron chi connectivity index (χ1n) is 8.66. The number of hydrogen-bond acceptors (Lipinski definition) is 5. The smallest absolute Gasteiger partial charge is 0.248 e. The zero-order chi connectivity index (χ0) is 17.6. The lowest BCUT2D eigenvalue weighted by Crippen LogP contribution is -2.40. The topological polar surface area (TPSA) is 75.8 Å². The molecule has 2 heterocycles. The first-order valence-corrected chi connectivity index (χ1v) is 8.66. The number of rotatable bonds is 5. The van der Waals surface area contributed by atoms with Crippen molar-refractivity contribution in [2.24, 2.45) is 4.99 Å². The van der Waals surface area contributed by atoms with Crippen molar-refractivity contribution in [1.82, 2.24) is 20.4 Å². The van der Waals surface area contributed by atoms with Crippen molar-refractivity contribution in [3.8, 4) is 5.75 Å². The van der Waals surface area contributed by atoms with Crippen molar-refractivity contribution in [2.45, 2.75) is 32.7 Å². The maximum Gasteiger partial charge on any atom is 0.248 e. The Hall–Kier alpha value is -2.57. The van der Waals surface area contributed by atoms with Gasteiger partial charge in [-0.2, -0.15) is 4.98 Å². The molecule has 7 heteroatoms. The lowest BCUT2D eigenvalue weighted by atomic mass is 9.98. The maximum absolute atomic E-state index is 5.24. The molecule has 0 radical (unpaired) electrons. The number of methoxy groups -OCH3 is 1. The third-order valence-electron chi connectivity index (χ3n) is 4.34. The van der Waals surface area contributed by atoms with E-state index in [2.05, 4.69) is 44.4 Å². The van der Waals surface area contributed by atoms with E-state index in [0.717, 1.165) is 37.8 Å². The van der Waals surface area contributed by atoms with Crippen LogP contribution in [-0.4, -0.2) is 47.7 Å². The van der Waals surface area contributed by atoms with E-state index in [-0.39, 0.29) is 0 Å². The number of aromatic nitrogens is 2. The number of hydrogen-bond donors (Lipinski definition) is 1. The number of aryl methyl sites for hydroxylation is 1. The summed E-state index contributed by atoms with van der Waals surface area (Å²) in [7, 11) is 1.69. The lowest BCUT2D eigenvalue weighted by molar-refractivity contribution is 0.375. The zero-order valence-corrected chi connectivity index (χ0v) is 15.0. The molecule has 1 aliphatic rings. The van der Waals surface area contributed by atoms with Crippen LogP contribution < -0.4 is 10.1 Å². The van der Waals surface area contributed by atoms with Crippen LogP contribution in [0.3, 0.4) is 0 Å². The summed E-state index contributed by atoms with van der Waals surface area (Å²) in [5, 5.41) is 7.16.